The van der Waals surface area contributed by atoms with Gasteiger partial charge in [0.25, 0.3) is 0 Å². The second-order valence-corrected chi connectivity index (χ2v) is 8.28. The highest BCUT2D eigenvalue weighted by Gasteiger charge is 2.37. The van der Waals surface area contributed by atoms with E-state index in [9.17, 15) is 0 Å². The molecule has 2 heterocycles. The van der Waals surface area contributed by atoms with Crippen molar-refractivity contribution in [1.82, 2.24) is 9.80 Å². The van der Waals surface area contributed by atoms with Crippen LogP contribution in [-0.2, 0) is 4.74 Å². The lowest BCUT2D eigenvalue weighted by molar-refractivity contribution is -0.0867. The maximum atomic E-state index is 5.89. The largest absolute Gasteiger partial charge is 0.373 e. The molecule has 3 fully saturated rings. The number of likely N-dealkylation sites (tertiary alicyclic amines) is 1. The molecule has 4 aliphatic rings. The van der Waals surface area contributed by atoms with Gasteiger partial charge in [-0.2, -0.15) is 0 Å². The minimum absolute atomic E-state index is 0.405. The number of nitrogens with zero attached hydrogens (tertiary/aromatic N) is 2. The fourth-order valence-electron chi connectivity index (χ4n) is 5.42. The molecule has 0 spiro atoms. The van der Waals surface area contributed by atoms with Crippen molar-refractivity contribution >= 4 is 0 Å². The molecular formula is C19H32N2O. The van der Waals surface area contributed by atoms with Crippen LogP contribution in [0.3, 0.4) is 0 Å². The Balaban J connectivity index is 1.25. The van der Waals surface area contributed by atoms with Crippen LogP contribution in [0.2, 0.25) is 0 Å². The first kappa shape index (κ1) is 15.2. The summed E-state index contributed by atoms with van der Waals surface area (Å²) in [5.74, 6) is 2.78. The lowest BCUT2D eigenvalue weighted by Gasteiger charge is -2.44. The molecule has 22 heavy (non-hydrogen) atoms. The van der Waals surface area contributed by atoms with Crippen molar-refractivity contribution < 1.29 is 4.74 Å². The van der Waals surface area contributed by atoms with E-state index >= 15 is 0 Å². The van der Waals surface area contributed by atoms with Crippen LogP contribution in [0.15, 0.2) is 12.2 Å². The Kier molecular flexibility index (Phi) is 4.31. The van der Waals surface area contributed by atoms with Gasteiger partial charge in [-0.15, -0.1) is 0 Å². The minimum atomic E-state index is 0.405. The van der Waals surface area contributed by atoms with E-state index in [0.717, 1.165) is 36.9 Å². The topological polar surface area (TPSA) is 15.7 Å². The van der Waals surface area contributed by atoms with Gasteiger partial charge in [-0.1, -0.05) is 12.2 Å². The molecule has 0 aromatic heterocycles. The first-order chi connectivity index (χ1) is 10.7. The van der Waals surface area contributed by atoms with E-state index in [1.165, 1.54) is 45.3 Å². The van der Waals surface area contributed by atoms with E-state index in [0.29, 0.717) is 12.2 Å². The molecule has 0 amide bonds. The molecule has 0 aromatic rings. The van der Waals surface area contributed by atoms with Crippen molar-refractivity contribution in [3.8, 4) is 0 Å². The summed E-state index contributed by atoms with van der Waals surface area (Å²) in [6.07, 6.45) is 11.4. The number of allylic oxidation sites excluding steroid dienone is 2. The lowest BCUT2D eigenvalue weighted by atomic mass is 9.92. The summed E-state index contributed by atoms with van der Waals surface area (Å²) in [7, 11) is 0. The zero-order valence-electron chi connectivity index (χ0n) is 14.3. The van der Waals surface area contributed by atoms with Crippen LogP contribution in [0.1, 0.15) is 39.5 Å². The predicted octanol–water partition coefficient (Wildman–Crippen LogP) is 2.77. The number of fused-ring (bicyclic) bond motifs is 2. The molecule has 1 saturated carbocycles. The van der Waals surface area contributed by atoms with Crippen LogP contribution < -0.4 is 0 Å². The van der Waals surface area contributed by atoms with E-state index in [4.69, 9.17) is 4.74 Å². The van der Waals surface area contributed by atoms with Gasteiger partial charge in [0.2, 0.25) is 0 Å². The van der Waals surface area contributed by atoms with E-state index in [2.05, 4.69) is 35.8 Å². The van der Waals surface area contributed by atoms with E-state index < -0.39 is 0 Å². The number of hydrogen-bond acceptors (Lipinski definition) is 3. The molecule has 2 aliphatic heterocycles. The van der Waals surface area contributed by atoms with Gasteiger partial charge < -0.3 is 9.64 Å². The van der Waals surface area contributed by atoms with Crippen LogP contribution in [0.5, 0.6) is 0 Å². The van der Waals surface area contributed by atoms with Crippen molar-refractivity contribution in [2.75, 3.05) is 32.7 Å². The molecule has 0 radical (unpaired) electrons. The van der Waals surface area contributed by atoms with Crippen LogP contribution in [0.4, 0.5) is 0 Å². The third-order valence-electron chi connectivity index (χ3n) is 6.43. The van der Waals surface area contributed by atoms with Crippen LogP contribution in [0.25, 0.3) is 0 Å². The summed E-state index contributed by atoms with van der Waals surface area (Å²) in [6, 6.07) is 0.796. The molecule has 3 nitrogen and oxygen atoms in total. The third kappa shape index (κ3) is 3.13. The lowest BCUT2D eigenvalue weighted by Crippen LogP contribution is -2.53. The zero-order chi connectivity index (χ0) is 15.1. The molecule has 0 aromatic carbocycles. The maximum absolute atomic E-state index is 5.89. The van der Waals surface area contributed by atoms with Gasteiger partial charge in [0.05, 0.1) is 12.2 Å². The molecule has 5 unspecified atom stereocenters. The summed E-state index contributed by atoms with van der Waals surface area (Å²) in [5.41, 5.74) is 0. The smallest absolute Gasteiger partial charge is 0.0678 e. The maximum Gasteiger partial charge on any atom is 0.0678 e. The van der Waals surface area contributed by atoms with Crippen LogP contribution in [0, 0.1) is 17.8 Å². The number of piperidine rings is 1. The fourth-order valence-corrected chi connectivity index (χ4v) is 5.42. The Hall–Kier alpha value is -0.380. The summed E-state index contributed by atoms with van der Waals surface area (Å²) < 4.78 is 5.89. The molecule has 124 valence electrons. The molecule has 3 heteroatoms. The molecule has 2 saturated heterocycles. The standard InChI is InChI=1S/C19H32N2O/c1-14-11-21(12-15(2)22-14)19-5-7-20(8-6-19)13-18-10-16-3-4-17(18)9-16/h3-4,14-19H,5-13H2,1-2H3. The van der Waals surface area contributed by atoms with Gasteiger partial charge in [-0.05, 0) is 70.4 Å². The first-order valence-corrected chi connectivity index (χ1v) is 9.47. The summed E-state index contributed by atoms with van der Waals surface area (Å²) in [4.78, 5) is 5.46. The van der Waals surface area contributed by atoms with Gasteiger partial charge in [0, 0.05) is 25.7 Å². The second-order valence-electron chi connectivity index (χ2n) is 8.28. The normalized spacial score (nSPS) is 44.0. The Bertz CT molecular complexity index is 406. The molecule has 2 bridgehead atoms. The summed E-state index contributed by atoms with van der Waals surface area (Å²) in [6.45, 7) is 10.7. The second kappa shape index (κ2) is 6.26. The monoisotopic (exact) mass is 304 g/mol. The molecular weight excluding hydrogens is 272 g/mol. The zero-order valence-corrected chi connectivity index (χ0v) is 14.3. The number of morpholine rings is 1. The highest BCUT2D eigenvalue weighted by atomic mass is 16.5. The Labute approximate surface area is 135 Å². The highest BCUT2D eigenvalue weighted by Crippen LogP contribution is 2.43. The summed E-state index contributed by atoms with van der Waals surface area (Å²) >= 11 is 0. The van der Waals surface area contributed by atoms with Crippen molar-refractivity contribution in [3.05, 3.63) is 12.2 Å². The van der Waals surface area contributed by atoms with Crippen molar-refractivity contribution in [3.63, 3.8) is 0 Å². The average molecular weight is 304 g/mol. The van der Waals surface area contributed by atoms with Gasteiger partial charge in [0.1, 0.15) is 0 Å². The average Bonchev–Trinajstić information content (AvgIpc) is 3.09. The Morgan fingerprint density at radius 3 is 2.32 bits per heavy atom. The van der Waals surface area contributed by atoms with Gasteiger partial charge in [-0.25, -0.2) is 0 Å². The fraction of sp³-hybridized carbons (Fsp3) is 0.895. The molecule has 4 rings (SSSR count). The van der Waals surface area contributed by atoms with Crippen molar-refractivity contribution in [2.45, 2.75) is 57.8 Å². The van der Waals surface area contributed by atoms with Gasteiger partial charge in [0.15, 0.2) is 0 Å². The highest BCUT2D eigenvalue weighted by molar-refractivity contribution is 5.10. The van der Waals surface area contributed by atoms with Crippen molar-refractivity contribution in [2.24, 2.45) is 17.8 Å². The minimum Gasteiger partial charge on any atom is -0.373 e. The van der Waals surface area contributed by atoms with Crippen LogP contribution >= 0.6 is 0 Å². The Morgan fingerprint density at radius 2 is 1.73 bits per heavy atom. The van der Waals surface area contributed by atoms with Gasteiger partial charge in [-0.3, -0.25) is 4.90 Å². The number of hydrogen-bond donors (Lipinski definition) is 0. The van der Waals surface area contributed by atoms with Crippen molar-refractivity contribution in [1.29, 1.82) is 0 Å². The predicted molar refractivity (Wildman–Crippen MR) is 89.9 cm³/mol. The van der Waals surface area contributed by atoms with E-state index in [-0.39, 0.29) is 0 Å². The van der Waals surface area contributed by atoms with E-state index in [1.54, 1.807) is 0 Å². The molecule has 2 aliphatic carbocycles. The van der Waals surface area contributed by atoms with Crippen LogP contribution in [-0.4, -0.2) is 60.8 Å². The summed E-state index contributed by atoms with van der Waals surface area (Å²) in [5, 5.41) is 0. The molecule has 5 atom stereocenters. The number of ether oxygens (including phenoxy) is 1. The SMILES string of the molecule is CC1CN(C2CCN(CC3CC4C=CC3C4)CC2)CC(C)O1. The number of rotatable bonds is 3. The third-order valence-corrected chi connectivity index (χ3v) is 6.43. The molecule has 0 N–H and O–H groups in total. The Morgan fingerprint density at radius 1 is 1.00 bits per heavy atom. The van der Waals surface area contributed by atoms with E-state index in [1.807, 2.05) is 0 Å². The first-order valence-electron chi connectivity index (χ1n) is 9.47. The quantitative estimate of drug-likeness (QED) is 0.746. The van der Waals surface area contributed by atoms with Gasteiger partial charge >= 0.3 is 0 Å².